The summed E-state index contributed by atoms with van der Waals surface area (Å²) in [5.74, 6) is 1.02. The molecule has 1 aromatic rings. The predicted octanol–water partition coefficient (Wildman–Crippen LogP) is 2.51. The van der Waals surface area contributed by atoms with Crippen LogP contribution in [0, 0.1) is 5.92 Å². The van der Waals surface area contributed by atoms with Crippen LogP contribution in [0.25, 0.3) is 0 Å². The number of aromatic hydroxyl groups is 1. The molecule has 2 atom stereocenters. The average Bonchev–Trinajstić information content (AvgIpc) is 2.38. The van der Waals surface area contributed by atoms with Gasteiger partial charge in [-0.3, -0.25) is 4.90 Å². The molecule has 3 nitrogen and oxygen atoms in total. The summed E-state index contributed by atoms with van der Waals surface area (Å²) in [4.78, 5) is 2.48. The molecule has 1 aliphatic rings. The molecule has 1 aliphatic heterocycles. The summed E-state index contributed by atoms with van der Waals surface area (Å²) in [5.41, 5.74) is 7.16. The van der Waals surface area contributed by atoms with Gasteiger partial charge in [-0.1, -0.05) is 12.1 Å². The minimum absolute atomic E-state index is 0.309. The molecule has 2 rings (SSSR count). The lowest BCUT2D eigenvalue weighted by Crippen LogP contribution is -2.40. The fraction of sp³-hybridized carbons (Fsp3) is 0.600. The Hall–Kier alpha value is -1.06. The summed E-state index contributed by atoms with van der Waals surface area (Å²) in [7, 11) is 0. The molecule has 2 unspecified atom stereocenters. The van der Waals surface area contributed by atoms with Gasteiger partial charge in [-0.25, -0.2) is 0 Å². The second-order valence-corrected chi connectivity index (χ2v) is 5.50. The van der Waals surface area contributed by atoms with Crippen LogP contribution in [0.1, 0.15) is 38.3 Å². The van der Waals surface area contributed by atoms with Crippen molar-refractivity contribution in [2.24, 2.45) is 11.7 Å². The van der Waals surface area contributed by atoms with Crippen LogP contribution in [0.4, 0.5) is 0 Å². The molecule has 1 fully saturated rings. The van der Waals surface area contributed by atoms with Gasteiger partial charge in [-0.15, -0.1) is 0 Å². The Balaban J connectivity index is 1.97. The van der Waals surface area contributed by atoms with Crippen molar-refractivity contribution in [3.05, 3.63) is 29.8 Å². The van der Waals surface area contributed by atoms with E-state index < -0.39 is 0 Å². The Bertz CT molecular complexity index is 384. The molecule has 100 valence electrons. The molecule has 0 aliphatic carbocycles. The van der Waals surface area contributed by atoms with Gasteiger partial charge in [-0.2, -0.15) is 0 Å². The number of rotatable bonds is 3. The van der Waals surface area contributed by atoms with E-state index in [-0.39, 0.29) is 0 Å². The molecule has 0 aromatic heterocycles. The standard InChI is InChI=1S/C15H24N2O/c1-11(16)13-6-8-17(9-7-13)12(2)14-4-3-5-15(18)10-14/h3-5,10-13,18H,6-9,16H2,1-2H3. The first-order valence-electron chi connectivity index (χ1n) is 6.86. The fourth-order valence-corrected chi connectivity index (χ4v) is 2.83. The van der Waals surface area contributed by atoms with Gasteiger partial charge in [0.2, 0.25) is 0 Å². The minimum Gasteiger partial charge on any atom is -0.508 e. The molecule has 0 saturated carbocycles. The fourth-order valence-electron chi connectivity index (χ4n) is 2.83. The first-order valence-corrected chi connectivity index (χ1v) is 6.86. The number of piperidine rings is 1. The third-order valence-electron chi connectivity index (χ3n) is 4.22. The molecule has 0 amide bonds. The Morgan fingerprint density at radius 2 is 1.94 bits per heavy atom. The number of nitrogens with zero attached hydrogens (tertiary/aromatic N) is 1. The third kappa shape index (κ3) is 3.03. The number of phenols is 1. The van der Waals surface area contributed by atoms with Crippen molar-refractivity contribution in [1.29, 1.82) is 0 Å². The van der Waals surface area contributed by atoms with E-state index in [2.05, 4.69) is 24.8 Å². The monoisotopic (exact) mass is 248 g/mol. The predicted molar refractivity (Wildman–Crippen MR) is 74.5 cm³/mol. The van der Waals surface area contributed by atoms with Gasteiger partial charge in [0.1, 0.15) is 5.75 Å². The lowest BCUT2D eigenvalue weighted by atomic mass is 9.90. The van der Waals surface area contributed by atoms with Crippen LogP contribution in [0.5, 0.6) is 5.75 Å². The lowest BCUT2D eigenvalue weighted by Gasteiger charge is -2.37. The van der Waals surface area contributed by atoms with Crippen LogP contribution in [0.15, 0.2) is 24.3 Å². The maximum atomic E-state index is 9.54. The van der Waals surface area contributed by atoms with Crippen LogP contribution in [0.2, 0.25) is 0 Å². The van der Waals surface area contributed by atoms with E-state index in [1.54, 1.807) is 6.07 Å². The van der Waals surface area contributed by atoms with Crippen molar-refractivity contribution < 1.29 is 5.11 Å². The van der Waals surface area contributed by atoms with Crippen molar-refractivity contribution in [3.8, 4) is 5.75 Å². The quantitative estimate of drug-likeness (QED) is 0.864. The van der Waals surface area contributed by atoms with Gasteiger partial charge >= 0.3 is 0 Å². The second-order valence-electron chi connectivity index (χ2n) is 5.50. The number of benzene rings is 1. The van der Waals surface area contributed by atoms with E-state index in [0.717, 1.165) is 13.1 Å². The van der Waals surface area contributed by atoms with Crippen molar-refractivity contribution in [2.75, 3.05) is 13.1 Å². The molecule has 1 aromatic carbocycles. The summed E-state index contributed by atoms with van der Waals surface area (Å²) in [6.45, 7) is 6.52. The van der Waals surface area contributed by atoms with Crippen molar-refractivity contribution >= 4 is 0 Å². The van der Waals surface area contributed by atoms with E-state index in [4.69, 9.17) is 5.73 Å². The molecular formula is C15H24N2O. The first-order chi connectivity index (χ1) is 8.58. The Kier molecular flexibility index (Phi) is 4.25. The summed E-state index contributed by atoms with van der Waals surface area (Å²) in [6, 6.07) is 8.26. The Morgan fingerprint density at radius 3 is 2.50 bits per heavy atom. The van der Waals surface area contributed by atoms with Crippen LogP contribution >= 0.6 is 0 Å². The van der Waals surface area contributed by atoms with Crippen LogP contribution in [-0.2, 0) is 0 Å². The highest BCUT2D eigenvalue weighted by Gasteiger charge is 2.25. The molecule has 18 heavy (non-hydrogen) atoms. The van der Waals surface area contributed by atoms with Crippen LogP contribution in [0.3, 0.4) is 0 Å². The average molecular weight is 248 g/mol. The zero-order chi connectivity index (χ0) is 13.1. The molecule has 3 heteroatoms. The van der Waals surface area contributed by atoms with E-state index in [0.29, 0.717) is 23.8 Å². The zero-order valence-corrected chi connectivity index (χ0v) is 11.3. The normalized spacial score (nSPS) is 21.7. The summed E-state index contributed by atoms with van der Waals surface area (Å²) in [6.07, 6.45) is 2.36. The summed E-state index contributed by atoms with van der Waals surface area (Å²) < 4.78 is 0. The molecule has 0 spiro atoms. The van der Waals surface area contributed by atoms with Crippen molar-refractivity contribution in [2.45, 2.75) is 38.8 Å². The van der Waals surface area contributed by atoms with Gasteiger partial charge in [0.25, 0.3) is 0 Å². The van der Waals surface area contributed by atoms with Gasteiger partial charge in [0, 0.05) is 12.1 Å². The first kappa shape index (κ1) is 13.4. The van der Waals surface area contributed by atoms with E-state index in [9.17, 15) is 5.11 Å². The summed E-state index contributed by atoms with van der Waals surface area (Å²) in [5, 5.41) is 9.54. The molecule has 1 saturated heterocycles. The Labute approximate surface area is 110 Å². The second kappa shape index (κ2) is 5.72. The number of hydrogen-bond acceptors (Lipinski definition) is 3. The number of hydrogen-bond donors (Lipinski definition) is 2. The molecule has 0 radical (unpaired) electrons. The van der Waals surface area contributed by atoms with E-state index >= 15 is 0 Å². The minimum atomic E-state index is 0.309. The van der Waals surface area contributed by atoms with Crippen LogP contribution in [-0.4, -0.2) is 29.1 Å². The van der Waals surface area contributed by atoms with Crippen molar-refractivity contribution in [3.63, 3.8) is 0 Å². The Morgan fingerprint density at radius 1 is 1.28 bits per heavy atom. The van der Waals surface area contributed by atoms with E-state index in [1.165, 1.54) is 18.4 Å². The van der Waals surface area contributed by atoms with Crippen molar-refractivity contribution in [1.82, 2.24) is 4.90 Å². The molecular weight excluding hydrogens is 224 g/mol. The lowest BCUT2D eigenvalue weighted by molar-refractivity contribution is 0.132. The highest BCUT2D eigenvalue weighted by atomic mass is 16.3. The smallest absolute Gasteiger partial charge is 0.115 e. The maximum Gasteiger partial charge on any atom is 0.115 e. The van der Waals surface area contributed by atoms with Gasteiger partial charge in [-0.05, 0) is 63.4 Å². The zero-order valence-electron chi connectivity index (χ0n) is 11.3. The highest BCUT2D eigenvalue weighted by Crippen LogP contribution is 2.28. The largest absolute Gasteiger partial charge is 0.508 e. The number of nitrogens with two attached hydrogens (primary N) is 1. The molecule has 0 bridgehead atoms. The number of phenolic OH excluding ortho intramolecular Hbond substituents is 1. The molecule has 1 heterocycles. The van der Waals surface area contributed by atoms with Crippen LogP contribution < -0.4 is 5.73 Å². The maximum absolute atomic E-state index is 9.54. The van der Waals surface area contributed by atoms with Gasteiger partial charge < -0.3 is 10.8 Å². The van der Waals surface area contributed by atoms with Gasteiger partial charge in [0.05, 0.1) is 0 Å². The SMILES string of the molecule is CC(N)C1CCN(C(C)c2cccc(O)c2)CC1. The van der Waals surface area contributed by atoms with E-state index in [1.807, 2.05) is 12.1 Å². The third-order valence-corrected chi connectivity index (χ3v) is 4.22. The molecule has 3 N–H and O–H groups in total. The summed E-state index contributed by atoms with van der Waals surface area (Å²) >= 11 is 0. The highest BCUT2D eigenvalue weighted by molar-refractivity contribution is 5.29. The topological polar surface area (TPSA) is 49.5 Å². The van der Waals surface area contributed by atoms with Gasteiger partial charge in [0.15, 0.2) is 0 Å². The number of likely N-dealkylation sites (tertiary alicyclic amines) is 1.